The maximum atomic E-state index is 11.2. The molecule has 0 saturated heterocycles. The minimum absolute atomic E-state index is 0.206. The zero-order valence-corrected chi connectivity index (χ0v) is 10.6. The van der Waals surface area contributed by atoms with E-state index in [-0.39, 0.29) is 5.69 Å². The molecule has 2 rings (SSSR count). The molecule has 0 atom stereocenters. The number of amides is 1. The van der Waals surface area contributed by atoms with E-state index in [1.54, 1.807) is 10.9 Å². The molecule has 1 amide bonds. The summed E-state index contributed by atoms with van der Waals surface area (Å²) in [6.45, 7) is 2.23. The molecule has 8 heteroatoms. The first-order valence-electron chi connectivity index (χ1n) is 6.26. The molecule has 1 aliphatic carbocycles. The van der Waals surface area contributed by atoms with Gasteiger partial charge < -0.3 is 0 Å². The molecule has 102 valence electrons. The Morgan fingerprint density at radius 3 is 3.05 bits per heavy atom. The number of rotatable bonds is 7. The minimum Gasteiger partial charge on any atom is -0.298 e. The van der Waals surface area contributed by atoms with E-state index < -0.39 is 5.91 Å². The normalized spacial score (nSPS) is 14.4. The summed E-state index contributed by atoms with van der Waals surface area (Å²) < 4.78 is 1.62. The fourth-order valence-corrected chi connectivity index (χ4v) is 1.93. The Hall–Kier alpha value is -1.98. The molecule has 0 aromatic carbocycles. The van der Waals surface area contributed by atoms with Gasteiger partial charge in [0.15, 0.2) is 5.69 Å². The fraction of sp³-hybridized carbons (Fsp3) is 0.636. The molecular weight excluding hydrogens is 246 g/mol. The Morgan fingerprint density at radius 1 is 1.63 bits per heavy atom. The average molecular weight is 263 g/mol. The summed E-state index contributed by atoms with van der Waals surface area (Å²) >= 11 is 0. The van der Waals surface area contributed by atoms with E-state index in [2.05, 4.69) is 21.3 Å². The van der Waals surface area contributed by atoms with Crippen LogP contribution in [0.2, 0.25) is 0 Å². The topological polar surface area (TPSA) is 113 Å². The number of nitriles is 1. The number of carbonyl (C=O) groups is 1. The maximum absolute atomic E-state index is 11.2. The predicted octanol–water partition coefficient (Wildman–Crippen LogP) is -0.740. The smallest absolute Gasteiger partial charge is 0.287 e. The first-order chi connectivity index (χ1) is 9.24. The van der Waals surface area contributed by atoms with Gasteiger partial charge >= 0.3 is 0 Å². The molecule has 8 nitrogen and oxygen atoms in total. The molecule has 0 bridgehead atoms. The van der Waals surface area contributed by atoms with Gasteiger partial charge in [-0.1, -0.05) is 5.21 Å². The highest BCUT2D eigenvalue weighted by molar-refractivity contribution is 5.91. The van der Waals surface area contributed by atoms with Crippen molar-refractivity contribution in [2.45, 2.75) is 31.8 Å². The van der Waals surface area contributed by atoms with Crippen molar-refractivity contribution in [2.75, 3.05) is 13.1 Å². The number of hydrogen-bond acceptors (Lipinski definition) is 6. The van der Waals surface area contributed by atoms with E-state index in [9.17, 15) is 4.79 Å². The molecule has 0 spiro atoms. The van der Waals surface area contributed by atoms with Crippen LogP contribution in [-0.2, 0) is 6.54 Å². The van der Waals surface area contributed by atoms with Gasteiger partial charge in [-0.2, -0.15) is 5.26 Å². The third kappa shape index (κ3) is 3.74. The van der Waals surface area contributed by atoms with Crippen LogP contribution in [-0.4, -0.2) is 44.9 Å². The van der Waals surface area contributed by atoms with Gasteiger partial charge in [0, 0.05) is 25.6 Å². The van der Waals surface area contributed by atoms with Crippen molar-refractivity contribution in [3.63, 3.8) is 0 Å². The van der Waals surface area contributed by atoms with E-state index in [0.29, 0.717) is 19.0 Å². The summed E-state index contributed by atoms with van der Waals surface area (Å²) in [4.78, 5) is 13.5. The summed E-state index contributed by atoms with van der Waals surface area (Å²) in [5.74, 6) is 4.57. The molecule has 19 heavy (non-hydrogen) atoms. The van der Waals surface area contributed by atoms with E-state index in [1.807, 2.05) is 5.43 Å². The predicted molar refractivity (Wildman–Crippen MR) is 66.5 cm³/mol. The van der Waals surface area contributed by atoms with Crippen LogP contribution in [0, 0.1) is 11.3 Å². The van der Waals surface area contributed by atoms with Crippen molar-refractivity contribution in [1.29, 1.82) is 5.26 Å². The number of carbonyl (C=O) groups excluding carboxylic acids is 1. The average Bonchev–Trinajstić information content (AvgIpc) is 3.16. The third-order valence-corrected chi connectivity index (χ3v) is 3.09. The molecule has 1 fully saturated rings. The first-order valence-corrected chi connectivity index (χ1v) is 6.26. The van der Waals surface area contributed by atoms with Gasteiger partial charge in [-0.25, -0.2) is 5.84 Å². The van der Waals surface area contributed by atoms with E-state index in [1.165, 1.54) is 12.8 Å². The van der Waals surface area contributed by atoms with Gasteiger partial charge in [-0.05, 0) is 12.8 Å². The summed E-state index contributed by atoms with van der Waals surface area (Å²) in [5, 5.41) is 16.2. The van der Waals surface area contributed by atoms with E-state index in [0.717, 1.165) is 13.1 Å². The molecular formula is C11H17N7O. The van der Waals surface area contributed by atoms with Crippen LogP contribution >= 0.6 is 0 Å². The van der Waals surface area contributed by atoms with Gasteiger partial charge in [0.2, 0.25) is 0 Å². The lowest BCUT2D eigenvalue weighted by Crippen LogP contribution is -2.31. The van der Waals surface area contributed by atoms with Gasteiger partial charge in [-0.3, -0.25) is 19.8 Å². The van der Waals surface area contributed by atoms with Crippen LogP contribution in [0.15, 0.2) is 6.20 Å². The number of aromatic nitrogens is 3. The molecule has 3 N–H and O–H groups in total. The second kappa shape index (κ2) is 6.26. The van der Waals surface area contributed by atoms with Gasteiger partial charge in [0.25, 0.3) is 5.91 Å². The number of nitrogens with one attached hydrogen (secondary N) is 1. The lowest BCUT2D eigenvalue weighted by atomic mass is 10.3. The van der Waals surface area contributed by atoms with E-state index in [4.69, 9.17) is 11.1 Å². The van der Waals surface area contributed by atoms with Crippen LogP contribution in [0.5, 0.6) is 0 Å². The zero-order valence-electron chi connectivity index (χ0n) is 10.6. The van der Waals surface area contributed by atoms with Crippen LogP contribution in [0.25, 0.3) is 0 Å². The standard InChI is InChI=1S/C11H17N7O/c12-4-1-5-17(9-2-3-9)6-7-18-8-10(15-16-18)11(19)14-13/h8-9H,1-3,5-7,13H2,(H,14,19). The van der Waals surface area contributed by atoms with Crippen molar-refractivity contribution < 1.29 is 4.79 Å². The van der Waals surface area contributed by atoms with Crippen LogP contribution in [0.1, 0.15) is 29.8 Å². The first kappa shape index (κ1) is 13.5. The minimum atomic E-state index is -0.449. The largest absolute Gasteiger partial charge is 0.298 e. The van der Waals surface area contributed by atoms with E-state index >= 15 is 0 Å². The zero-order chi connectivity index (χ0) is 13.7. The number of hydrogen-bond donors (Lipinski definition) is 2. The lowest BCUT2D eigenvalue weighted by molar-refractivity contribution is 0.0948. The van der Waals surface area contributed by atoms with Crippen molar-refractivity contribution in [3.8, 4) is 6.07 Å². The highest BCUT2D eigenvalue weighted by Gasteiger charge is 2.28. The molecule has 0 radical (unpaired) electrons. The highest BCUT2D eigenvalue weighted by atomic mass is 16.2. The van der Waals surface area contributed by atoms with Gasteiger partial charge in [0.05, 0.1) is 18.8 Å². The second-order valence-corrected chi connectivity index (χ2v) is 4.52. The van der Waals surface area contributed by atoms with Crippen LogP contribution in [0.3, 0.4) is 0 Å². The molecule has 1 heterocycles. The molecule has 1 saturated carbocycles. The highest BCUT2D eigenvalue weighted by Crippen LogP contribution is 2.26. The van der Waals surface area contributed by atoms with Crippen molar-refractivity contribution >= 4 is 5.91 Å². The molecule has 1 aromatic rings. The Kier molecular flexibility index (Phi) is 4.43. The second-order valence-electron chi connectivity index (χ2n) is 4.52. The number of nitrogens with zero attached hydrogens (tertiary/aromatic N) is 5. The SMILES string of the molecule is N#CCCN(CCn1cc(C(=O)NN)nn1)C1CC1. The monoisotopic (exact) mass is 263 g/mol. The summed E-state index contributed by atoms with van der Waals surface area (Å²) in [5.41, 5.74) is 2.22. The van der Waals surface area contributed by atoms with Crippen molar-refractivity contribution in [3.05, 3.63) is 11.9 Å². The molecule has 1 aromatic heterocycles. The summed E-state index contributed by atoms with van der Waals surface area (Å²) in [6.07, 6.45) is 4.50. The van der Waals surface area contributed by atoms with Crippen molar-refractivity contribution in [1.82, 2.24) is 25.3 Å². The Labute approximate surface area is 111 Å². The fourth-order valence-electron chi connectivity index (χ4n) is 1.93. The van der Waals surface area contributed by atoms with Crippen molar-refractivity contribution in [2.24, 2.45) is 5.84 Å². The summed E-state index contributed by atoms with van der Waals surface area (Å²) in [7, 11) is 0. The van der Waals surface area contributed by atoms with Gasteiger partial charge in [0.1, 0.15) is 0 Å². The number of nitrogen functional groups attached to an aromatic ring is 1. The molecule has 0 unspecified atom stereocenters. The number of hydrazine groups is 1. The summed E-state index contributed by atoms with van der Waals surface area (Å²) in [6, 6.07) is 2.76. The molecule has 1 aliphatic rings. The maximum Gasteiger partial charge on any atom is 0.287 e. The third-order valence-electron chi connectivity index (χ3n) is 3.09. The Balaban J connectivity index is 1.84. The van der Waals surface area contributed by atoms with Crippen LogP contribution < -0.4 is 11.3 Å². The quantitative estimate of drug-likeness (QED) is 0.380. The Bertz CT molecular complexity index is 474. The molecule has 0 aliphatic heterocycles. The van der Waals surface area contributed by atoms with Crippen LogP contribution in [0.4, 0.5) is 0 Å². The Morgan fingerprint density at radius 2 is 2.42 bits per heavy atom. The lowest BCUT2D eigenvalue weighted by Gasteiger charge is -2.20. The number of nitrogens with two attached hydrogens (primary N) is 1. The van der Waals surface area contributed by atoms with Gasteiger partial charge in [-0.15, -0.1) is 5.10 Å².